The number of anilines is 1. The third-order valence-electron chi connectivity index (χ3n) is 4.71. The molecule has 160 valence electrons. The molecule has 1 unspecified atom stereocenters. The zero-order valence-electron chi connectivity index (χ0n) is 16.8. The summed E-state index contributed by atoms with van der Waals surface area (Å²) in [6.07, 6.45) is 0.324. The molecular formula is C21H23ClFN3O4. The number of ether oxygens (including phenoxy) is 2. The van der Waals surface area contributed by atoms with Crippen molar-refractivity contribution in [2.24, 2.45) is 0 Å². The molecule has 9 heteroatoms. The van der Waals surface area contributed by atoms with E-state index >= 15 is 0 Å². The van der Waals surface area contributed by atoms with Gasteiger partial charge in [0.15, 0.2) is 0 Å². The van der Waals surface area contributed by atoms with Crippen molar-refractivity contribution in [3.63, 3.8) is 0 Å². The average molecular weight is 436 g/mol. The van der Waals surface area contributed by atoms with Gasteiger partial charge >= 0.3 is 0 Å². The molecular weight excluding hydrogens is 413 g/mol. The van der Waals surface area contributed by atoms with E-state index in [9.17, 15) is 14.0 Å². The minimum absolute atomic E-state index is 0.182. The number of nitrogens with one attached hydrogen (secondary N) is 1. The molecule has 1 aliphatic heterocycles. The van der Waals surface area contributed by atoms with Gasteiger partial charge in [-0.15, -0.1) is 11.6 Å². The summed E-state index contributed by atoms with van der Waals surface area (Å²) in [7, 11) is 1.54. The molecule has 0 aliphatic carbocycles. The van der Waals surface area contributed by atoms with E-state index in [1.807, 2.05) is 6.92 Å². The fourth-order valence-corrected chi connectivity index (χ4v) is 3.39. The number of benzene rings is 1. The number of nitrogens with zero attached hydrogens (tertiary/aromatic N) is 2. The van der Waals surface area contributed by atoms with Crippen LogP contribution in [0.5, 0.6) is 5.88 Å². The van der Waals surface area contributed by atoms with Gasteiger partial charge in [-0.1, -0.05) is 12.1 Å². The molecule has 0 saturated heterocycles. The highest BCUT2D eigenvalue weighted by Gasteiger charge is 2.32. The van der Waals surface area contributed by atoms with E-state index in [4.69, 9.17) is 21.1 Å². The van der Waals surface area contributed by atoms with Crippen LogP contribution < -0.4 is 15.0 Å². The topological polar surface area (TPSA) is 80.8 Å². The highest BCUT2D eigenvalue weighted by Crippen LogP contribution is 2.35. The molecule has 0 radical (unpaired) electrons. The Morgan fingerprint density at radius 1 is 1.37 bits per heavy atom. The van der Waals surface area contributed by atoms with Gasteiger partial charge in [-0.25, -0.2) is 9.37 Å². The summed E-state index contributed by atoms with van der Waals surface area (Å²) in [4.78, 5) is 31.1. The Morgan fingerprint density at radius 3 is 2.77 bits per heavy atom. The molecule has 0 bridgehead atoms. The first-order valence-electron chi connectivity index (χ1n) is 9.51. The number of rotatable bonds is 7. The second kappa shape index (κ2) is 9.86. The minimum Gasteiger partial charge on any atom is -0.474 e. The molecule has 2 aromatic rings. The van der Waals surface area contributed by atoms with Crippen molar-refractivity contribution >= 4 is 29.1 Å². The Balaban J connectivity index is 2.03. The highest BCUT2D eigenvalue weighted by atomic mass is 35.5. The number of amides is 2. The number of pyridine rings is 1. The largest absolute Gasteiger partial charge is 0.474 e. The molecule has 30 heavy (non-hydrogen) atoms. The monoisotopic (exact) mass is 435 g/mol. The number of fused-ring (bicyclic) bond motifs is 1. The average Bonchev–Trinajstić information content (AvgIpc) is 2.74. The number of alkyl halides is 1. The van der Waals surface area contributed by atoms with Crippen LogP contribution in [0.15, 0.2) is 30.3 Å². The Kier molecular flexibility index (Phi) is 7.23. The predicted molar refractivity (Wildman–Crippen MR) is 111 cm³/mol. The summed E-state index contributed by atoms with van der Waals surface area (Å²) in [5.74, 6) is -0.992. The first-order chi connectivity index (χ1) is 14.4. The third-order valence-corrected chi connectivity index (χ3v) is 4.94. The molecule has 1 N–H and O–H groups in total. The lowest BCUT2D eigenvalue weighted by Gasteiger charge is -2.34. The van der Waals surface area contributed by atoms with Crippen LogP contribution in [-0.4, -0.2) is 55.6 Å². The molecule has 1 aliphatic rings. The van der Waals surface area contributed by atoms with Gasteiger partial charge in [0.05, 0.1) is 12.6 Å². The smallest absolute Gasteiger partial charge is 0.270 e. The second-order valence-electron chi connectivity index (χ2n) is 6.93. The molecule has 1 aromatic carbocycles. The van der Waals surface area contributed by atoms with E-state index in [1.165, 1.54) is 12.1 Å². The number of carbonyl (C=O) groups is 2. The maximum absolute atomic E-state index is 13.3. The zero-order valence-corrected chi connectivity index (χ0v) is 17.5. The number of methoxy groups -OCH3 is 1. The lowest BCUT2D eigenvalue weighted by molar-refractivity contribution is -0.117. The van der Waals surface area contributed by atoms with Crippen LogP contribution in [0.3, 0.4) is 0 Å². The quantitative estimate of drug-likeness (QED) is 0.534. The van der Waals surface area contributed by atoms with Crippen molar-refractivity contribution in [3.8, 4) is 5.88 Å². The molecule has 3 rings (SSSR count). The SMILES string of the molecule is COCCNC(=O)c1nc2c(cc1Cc1ccc(F)cc1)N(C(=O)CCl)C(C)CO2. The maximum Gasteiger partial charge on any atom is 0.270 e. The highest BCUT2D eigenvalue weighted by molar-refractivity contribution is 6.29. The van der Waals surface area contributed by atoms with E-state index in [-0.39, 0.29) is 47.7 Å². The van der Waals surface area contributed by atoms with Gasteiger partial charge in [-0.05, 0) is 42.7 Å². The van der Waals surface area contributed by atoms with Crippen LogP contribution >= 0.6 is 11.6 Å². The zero-order chi connectivity index (χ0) is 21.7. The van der Waals surface area contributed by atoms with Crippen molar-refractivity contribution in [2.75, 3.05) is 37.6 Å². The Hall–Kier alpha value is -2.71. The van der Waals surface area contributed by atoms with Gasteiger partial charge in [0.25, 0.3) is 5.91 Å². The normalized spacial score (nSPS) is 15.3. The van der Waals surface area contributed by atoms with Crippen LogP contribution in [0, 0.1) is 5.82 Å². The van der Waals surface area contributed by atoms with Gasteiger partial charge in [0.2, 0.25) is 11.8 Å². The summed E-state index contributed by atoms with van der Waals surface area (Å²) in [6, 6.07) is 7.48. The Bertz CT molecular complexity index is 923. The molecule has 1 atom stereocenters. The molecule has 0 fully saturated rings. The number of carbonyl (C=O) groups excluding carboxylic acids is 2. The van der Waals surface area contributed by atoms with Crippen LogP contribution in [0.2, 0.25) is 0 Å². The lowest BCUT2D eigenvalue weighted by atomic mass is 10.0. The van der Waals surface area contributed by atoms with E-state index in [2.05, 4.69) is 10.3 Å². The van der Waals surface area contributed by atoms with Gasteiger partial charge in [0, 0.05) is 13.7 Å². The van der Waals surface area contributed by atoms with Gasteiger partial charge in [0.1, 0.15) is 29.7 Å². The molecule has 2 amide bonds. The third kappa shape index (κ3) is 4.88. The number of hydrogen-bond acceptors (Lipinski definition) is 5. The predicted octanol–water partition coefficient (Wildman–Crippen LogP) is 2.54. The van der Waals surface area contributed by atoms with Crippen LogP contribution in [0.1, 0.15) is 28.5 Å². The van der Waals surface area contributed by atoms with E-state index < -0.39 is 0 Å². The number of hydrogen-bond donors (Lipinski definition) is 1. The van der Waals surface area contributed by atoms with Gasteiger partial charge in [-0.2, -0.15) is 0 Å². The van der Waals surface area contributed by atoms with Crippen LogP contribution in [-0.2, 0) is 16.0 Å². The molecule has 7 nitrogen and oxygen atoms in total. The fraction of sp³-hybridized carbons (Fsp3) is 0.381. The lowest BCUT2D eigenvalue weighted by Crippen LogP contribution is -2.46. The van der Waals surface area contributed by atoms with E-state index in [0.717, 1.165) is 5.56 Å². The van der Waals surface area contributed by atoms with Crippen LogP contribution in [0.25, 0.3) is 0 Å². The first-order valence-corrected chi connectivity index (χ1v) is 10.0. The summed E-state index contributed by atoms with van der Waals surface area (Å²) in [6.45, 7) is 2.76. The van der Waals surface area contributed by atoms with Crippen molar-refractivity contribution in [1.82, 2.24) is 10.3 Å². The summed E-state index contributed by atoms with van der Waals surface area (Å²) in [5, 5.41) is 2.75. The molecule has 0 spiro atoms. The van der Waals surface area contributed by atoms with Crippen LogP contribution in [0.4, 0.5) is 10.1 Å². The summed E-state index contributed by atoms with van der Waals surface area (Å²) >= 11 is 5.79. The summed E-state index contributed by atoms with van der Waals surface area (Å²) in [5.41, 5.74) is 2.02. The number of halogens is 2. The summed E-state index contributed by atoms with van der Waals surface area (Å²) < 4.78 is 24.0. The maximum atomic E-state index is 13.3. The first kappa shape index (κ1) is 22.0. The number of aromatic nitrogens is 1. The van der Waals surface area contributed by atoms with Crippen molar-refractivity contribution in [1.29, 1.82) is 0 Å². The molecule has 2 heterocycles. The minimum atomic E-state index is -0.385. The fourth-order valence-electron chi connectivity index (χ4n) is 3.26. The van der Waals surface area contributed by atoms with Crippen molar-refractivity contribution in [2.45, 2.75) is 19.4 Å². The van der Waals surface area contributed by atoms with E-state index in [0.29, 0.717) is 30.8 Å². The van der Waals surface area contributed by atoms with Crippen molar-refractivity contribution < 1.29 is 23.5 Å². The second-order valence-corrected chi connectivity index (χ2v) is 7.20. The molecule has 1 aromatic heterocycles. The Morgan fingerprint density at radius 2 is 2.10 bits per heavy atom. The van der Waals surface area contributed by atoms with Gasteiger partial charge in [-0.3, -0.25) is 9.59 Å². The Labute approximate surface area is 179 Å². The molecule has 0 saturated carbocycles. The van der Waals surface area contributed by atoms with Gasteiger partial charge < -0.3 is 19.7 Å². The van der Waals surface area contributed by atoms with Crippen molar-refractivity contribution in [3.05, 3.63) is 53.0 Å². The van der Waals surface area contributed by atoms with E-state index in [1.54, 1.807) is 30.2 Å². The standard InChI is InChI=1S/C21H23ClFN3O4/c1-13-12-30-21-17(26(13)18(27)11-22)10-15(9-14-3-5-16(23)6-4-14)19(25-21)20(28)24-7-8-29-2/h3-6,10,13H,7-9,11-12H2,1-2H3,(H,24,28).